The van der Waals surface area contributed by atoms with Crippen LogP contribution >= 0.6 is 11.6 Å². The van der Waals surface area contributed by atoms with Gasteiger partial charge in [-0.1, -0.05) is 44.7 Å². The Balaban J connectivity index is 1.74. The summed E-state index contributed by atoms with van der Waals surface area (Å²) < 4.78 is 5.87. The van der Waals surface area contributed by atoms with Gasteiger partial charge in [-0.25, -0.2) is 0 Å². The van der Waals surface area contributed by atoms with Crippen LogP contribution in [0.4, 0.5) is 0 Å². The quantitative estimate of drug-likeness (QED) is 0.576. The van der Waals surface area contributed by atoms with Gasteiger partial charge in [0.1, 0.15) is 28.2 Å². The molecule has 0 saturated carbocycles. The van der Waals surface area contributed by atoms with Gasteiger partial charge in [0, 0.05) is 11.1 Å². The molecule has 26 heavy (non-hydrogen) atoms. The number of fused-ring (bicyclic) bond motifs is 1. The number of halogens is 1. The number of nitrogens with zero attached hydrogens (tertiary/aromatic N) is 3. The van der Waals surface area contributed by atoms with Gasteiger partial charge in [-0.2, -0.15) is 0 Å². The van der Waals surface area contributed by atoms with E-state index >= 15 is 0 Å². The van der Waals surface area contributed by atoms with E-state index in [1.807, 2.05) is 6.07 Å². The Kier molecular flexibility index (Phi) is 5.99. The topological polar surface area (TPSA) is 60.2 Å². The lowest BCUT2D eigenvalue weighted by Crippen LogP contribution is -2.11. The van der Waals surface area contributed by atoms with Crippen molar-refractivity contribution in [1.29, 1.82) is 0 Å². The van der Waals surface area contributed by atoms with Crippen molar-refractivity contribution >= 4 is 22.6 Å². The molecular weight excluding hydrogens is 350 g/mol. The van der Waals surface area contributed by atoms with E-state index in [-0.39, 0.29) is 5.75 Å². The van der Waals surface area contributed by atoms with E-state index in [2.05, 4.69) is 24.0 Å². The number of hydrogen-bond acceptors (Lipinski definition) is 4. The third-order valence-electron chi connectivity index (χ3n) is 4.53. The minimum atomic E-state index is 0.0792. The fraction of sp³-hybridized carbons (Fsp3) is 0.400. The number of phenolic OH excluding ortho intramolecular Hbond substituents is 1. The van der Waals surface area contributed by atoms with E-state index in [0.717, 1.165) is 11.9 Å². The molecular formula is C20H24ClN3O2. The molecule has 3 rings (SSSR count). The van der Waals surface area contributed by atoms with Crippen LogP contribution in [0, 0.1) is 5.92 Å². The summed E-state index contributed by atoms with van der Waals surface area (Å²) in [5, 5.41) is 19.7. The smallest absolute Gasteiger partial charge is 0.146 e. The lowest BCUT2D eigenvalue weighted by atomic mass is 10.0. The lowest BCUT2D eigenvalue weighted by Gasteiger charge is -2.16. The first-order valence-corrected chi connectivity index (χ1v) is 9.47. The van der Waals surface area contributed by atoms with Gasteiger partial charge in [0.05, 0.1) is 6.61 Å². The molecule has 0 bridgehead atoms. The summed E-state index contributed by atoms with van der Waals surface area (Å²) in [6.07, 6.45) is 4.68. The van der Waals surface area contributed by atoms with Crippen molar-refractivity contribution in [2.24, 2.45) is 5.92 Å². The van der Waals surface area contributed by atoms with E-state index in [1.165, 1.54) is 24.1 Å². The van der Waals surface area contributed by atoms with Crippen LogP contribution in [0.5, 0.6) is 11.5 Å². The van der Waals surface area contributed by atoms with Gasteiger partial charge in [0.25, 0.3) is 0 Å². The first kappa shape index (κ1) is 18.5. The molecule has 0 unspecified atom stereocenters. The summed E-state index contributed by atoms with van der Waals surface area (Å²) in [5.41, 5.74) is 1.90. The molecule has 0 spiro atoms. The van der Waals surface area contributed by atoms with Crippen molar-refractivity contribution in [2.75, 3.05) is 6.61 Å². The average molecular weight is 374 g/mol. The molecule has 0 fully saturated rings. The van der Waals surface area contributed by atoms with Gasteiger partial charge < -0.3 is 9.84 Å². The van der Waals surface area contributed by atoms with Crippen LogP contribution in [-0.2, 0) is 0 Å². The van der Waals surface area contributed by atoms with E-state index in [1.54, 1.807) is 30.3 Å². The summed E-state index contributed by atoms with van der Waals surface area (Å²) >= 11 is 5.99. The Hall–Kier alpha value is -2.27. The van der Waals surface area contributed by atoms with Crippen molar-refractivity contribution in [3.05, 3.63) is 41.4 Å². The number of aromatic nitrogens is 3. The highest BCUT2D eigenvalue weighted by Gasteiger charge is 2.12. The zero-order valence-electron chi connectivity index (χ0n) is 15.2. The molecule has 0 aliphatic rings. The SMILES string of the molecule is CCCC[C@@H](CC)COc1ccc(-n2nc3ccc(Cl)cc3n2)c(O)c1. The highest BCUT2D eigenvalue weighted by molar-refractivity contribution is 6.31. The largest absolute Gasteiger partial charge is 0.505 e. The van der Waals surface area contributed by atoms with Crippen LogP contribution in [0.25, 0.3) is 16.7 Å². The normalized spacial score (nSPS) is 12.4. The van der Waals surface area contributed by atoms with Crippen molar-refractivity contribution in [3.8, 4) is 17.2 Å². The summed E-state index contributed by atoms with van der Waals surface area (Å²) in [4.78, 5) is 1.41. The summed E-state index contributed by atoms with van der Waals surface area (Å²) in [6, 6.07) is 10.5. The van der Waals surface area contributed by atoms with Crippen LogP contribution in [0.3, 0.4) is 0 Å². The molecule has 3 aromatic rings. The second-order valence-electron chi connectivity index (χ2n) is 6.50. The summed E-state index contributed by atoms with van der Waals surface area (Å²) in [7, 11) is 0. The zero-order valence-corrected chi connectivity index (χ0v) is 15.9. The average Bonchev–Trinajstić information content (AvgIpc) is 3.04. The van der Waals surface area contributed by atoms with E-state index < -0.39 is 0 Å². The van der Waals surface area contributed by atoms with Crippen LogP contribution < -0.4 is 4.74 Å². The molecule has 0 radical (unpaired) electrons. The van der Waals surface area contributed by atoms with E-state index in [9.17, 15) is 5.11 Å². The molecule has 138 valence electrons. The minimum absolute atomic E-state index is 0.0792. The Bertz CT molecular complexity index is 879. The number of aromatic hydroxyl groups is 1. The van der Waals surface area contributed by atoms with Gasteiger partial charge in [0.2, 0.25) is 0 Å². The van der Waals surface area contributed by atoms with Crippen molar-refractivity contribution < 1.29 is 9.84 Å². The standard InChI is InChI=1S/C20H24ClN3O2/c1-3-5-6-14(4-2)13-26-16-8-10-19(20(25)12-16)24-22-17-9-7-15(21)11-18(17)23-24/h7-12,14,25H,3-6,13H2,1-2H3/t14-/m1/s1. The second-order valence-corrected chi connectivity index (χ2v) is 6.94. The summed E-state index contributed by atoms with van der Waals surface area (Å²) in [5.74, 6) is 1.27. The number of hydrogen-bond donors (Lipinski definition) is 1. The Labute approximate surface area is 158 Å². The Morgan fingerprint density at radius 1 is 1.12 bits per heavy atom. The summed E-state index contributed by atoms with van der Waals surface area (Å²) in [6.45, 7) is 5.05. The molecule has 0 aliphatic carbocycles. The highest BCUT2D eigenvalue weighted by atomic mass is 35.5. The number of rotatable bonds is 8. The fourth-order valence-corrected chi connectivity index (χ4v) is 3.04. The van der Waals surface area contributed by atoms with Gasteiger partial charge in [-0.3, -0.25) is 0 Å². The predicted molar refractivity (Wildman–Crippen MR) is 104 cm³/mol. The molecule has 6 heteroatoms. The van der Waals surface area contributed by atoms with E-state index in [4.69, 9.17) is 16.3 Å². The van der Waals surface area contributed by atoms with Crippen LogP contribution in [-0.4, -0.2) is 26.7 Å². The molecule has 5 nitrogen and oxygen atoms in total. The molecule has 0 aliphatic heterocycles. The van der Waals surface area contributed by atoms with Crippen LogP contribution in [0.15, 0.2) is 36.4 Å². The zero-order chi connectivity index (χ0) is 18.5. The van der Waals surface area contributed by atoms with Crippen molar-refractivity contribution in [2.45, 2.75) is 39.5 Å². The van der Waals surface area contributed by atoms with Gasteiger partial charge >= 0.3 is 0 Å². The molecule has 1 aromatic heterocycles. The third-order valence-corrected chi connectivity index (χ3v) is 4.77. The molecule has 1 atom stereocenters. The monoisotopic (exact) mass is 373 g/mol. The number of ether oxygens (including phenoxy) is 1. The third kappa shape index (κ3) is 4.28. The predicted octanol–water partition coefficient (Wildman–Crippen LogP) is 5.37. The van der Waals surface area contributed by atoms with Gasteiger partial charge in [-0.05, 0) is 42.7 Å². The molecule has 0 saturated heterocycles. The van der Waals surface area contributed by atoms with Crippen LogP contribution in [0.2, 0.25) is 5.02 Å². The van der Waals surface area contributed by atoms with Crippen LogP contribution in [0.1, 0.15) is 39.5 Å². The number of phenols is 1. The first-order valence-electron chi connectivity index (χ1n) is 9.09. The number of benzene rings is 2. The Morgan fingerprint density at radius 2 is 1.92 bits per heavy atom. The molecule has 1 N–H and O–H groups in total. The molecule has 0 amide bonds. The highest BCUT2D eigenvalue weighted by Crippen LogP contribution is 2.28. The molecule has 2 aromatic carbocycles. The second kappa shape index (κ2) is 8.41. The minimum Gasteiger partial charge on any atom is -0.505 e. The lowest BCUT2D eigenvalue weighted by molar-refractivity contribution is 0.232. The maximum absolute atomic E-state index is 10.4. The maximum atomic E-state index is 10.4. The Morgan fingerprint density at radius 3 is 2.65 bits per heavy atom. The van der Waals surface area contributed by atoms with Gasteiger partial charge in [0.15, 0.2) is 0 Å². The van der Waals surface area contributed by atoms with Crippen molar-refractivity contribution in [1.82, 2.24) is 15.0 Å². The number of unbranched alkanes of at least 4 members (excludes halogenated alkanes) is 1. The first-order chi connectivity index (χ1) is 12.6. The van der Waals surface area contributed by atoms with Crippen molar-refractivity contribution in [3.63, 3.8) is 0 Å². The maximum Gasteiger partial charge on any atom is 0.146 e. The van der Waals surface area contributed by atoms with E-state index in [0.29, 0.717) is 34.5 Å². The fourth-order valence-electron chi connectivity index (χ4n) is 2.87. The molecule has 1 heterocycles. The van der Waals surface area contributed by atoms with Gasteiger partial charge in [-0.15, -0.1) is 15.0 Å².